The van der Waals surface area contributed by atoms with Crippen molar-refractivity contribution in [3.63, 3.8) is 0 Å². The van der Waals surface area contributed by atoms with E-state index in [-0.39, 0.29) is 6.04 Å². The molecule has 39 heavy (non-hydrogen) atoms. The van der Waals surface area contributed by atoms with Gasteiger partial charge < -0.3 is 13.9 Å². The van der Waals surface area contributed by atoms with Crippen molar-refractivity contribution in [2.24, 2.45) is 20.0 Å². The third-order valence-electron chi connectivity index (χ3n) is 8.73. The van der Waals surface area contributed by atoms with E-state index in [2.05, 4.69) is 106 Å². The predicted octanol–water partition coefficient (Wildman–Crippen LogP) is 6.63. The van der Waals surface area contributed by atoms with Gasteiger partial charge in [-0.05, 0) is 73.9 Å². The monoisotopic (exact) mass is 517 g/mol. The number of nitrogens with zero attached hydrogens (tertiary/aromatic N) is 5. The molecule has 0 saturated carbocycles. The molecular weight excluding hydrogens is 482 g/mol. The molecule has 1 aliphatic carbocycles. The average molecular weight is 518 g/mol. The van der Waals surface area contributed by atoms with Gasteiger partial charge in [0.05, 0.1) is 22.9 Å². The van der Waals surface area contributed by atoms with Crippen molar-refractivity contribution in [3.8, 4) is 0 Å². The standard InChI is InChI=1S/C33H35N5O/c1-22-32(37(3)35-34-22)25-11-7-8-12-26-30(21-25)38(29-14-13-28-27(31(26)29)15-18-36(28)2)33(23-9-5-4-6-10-23)24-16-19-39-20-17-24/h4-7,9-11,13-15,18,21,24,33H,8,12,16-17,19-20H2,1-3H3/t33-/m1/s1. The molecule has 3 aromatic heterocycles. The molecule has 2 aromatic carbocycles. The van der Waals surface area contributed by atoms with Crippen LogP contribution < -0.4 is 0 Å². The second kappa shape index (κ2) is 9.69. The summed E-state index contributed by atoms with van der Waals surface area (Å²) in [5, 5.41) is 11.4. The van der Waals surface area contributed by atoms with Crippen molar-refractivity contribution < 1.29 is 4.74 Å². The second-order valence-electron chi connectivity index (χ2n) is 11.0. The molecule has 0 spiro atoms. The summed E-state index contributed by atoms with van der Waals surface area (Å²) in [6.45, 7) is 3.69. The zero-order valence-electron chi connectivity index (χ0n) is 23.0. The Morgan fingerprint density at radius 2 is 1.77 bits per heavy atom. The van der Waals surface area contributed by atoms with Crippen LogP contribution >= 0.6 is 0 Å². The van der Waals surface area contributed by atoms with Crippen molar-refractivity contribution in [2.75, 3.05) is 13.2 Å². The Morgan fingerprint density at radius 3 is 2.54 bits per heavy atom. The summed E-state index contributed by atoms with van der Waals surface area (Å²) < 4.78 is 12.7. The van der Waals surface area contributed by atoms with Crippen LogP contribution in [0.4, 0.5) is 0 Å². The molecule has 7 rings (SSSR count). The minimum Gasteiger partial charge on any atom is -0.381 e. The van der Waals surface area contributed by atoms with Crippen molar-refractivity contribution in [3.05, 3.63) is 95.1 Å². The lowest BCUT2D eigenvalue weighted by atomic mass is 9.86. The minimum absolute atomic E-state index is 0.217. The van der Waals surface area contributed by atoms with E-state index >= 15 is 0 Å². The molecule has 1 fully saturated rings. The maximum atomic E-state index is 5.84. The molecule has 1 aliphatic heterocycles. The van der Waals surface area contributed by atoms with Crippen LogP contribution in [0, 0.1) is 12.8 Å². The summed E-state index contributed by atoms with van der Waals surface area (Å²) >= 11 is 0. The largest absolute Gasteiger partial charge is 0.381 e. The van der Waals surface area contributed by atoms with E-state index in [1.54, 1.807) is 0 Å². The Hall–Kier alpha value is -3.90. The van der Waals surface area contributed by atoms with Gasteiger partial charge in [-0.3, -0.25) is 0 Å². The highest BCUT2D eigenvalue weighted by Gasteiger charge is 2.32. The fourth-order valence-electron chi connectivity index (χ4n) is 6.92. The van der Waals surface area contributed by atoms with E-state index in [4.69, 9.17) is 4.74 Å². The Labute approximate surface area is 229 Å². The molecule has 1 saturated heterocycles. The molecule has 5 aromatic rings. The van der Waals surface area contributed by atoms with Crippen molar-refractivity contribution in [1.82, 2.24) is 24.1 Å². The van der Waals surface area contributed by atoms with E-state index < -0.39 is 0 Å². The van der Waals surface area contributed by atoms with Crippen molar-refractivity contribution in [1.29, 1.82) is 0 Å². The van der Waals surface area contributed by atoms with Gasteiger partial charge in [0.15, 0.2) is 0 Å². The molecule has 0 radical (unpaired) electrons. The molecule has 0 unspecified atom stereocenters. The van der Waals surface area contributed by atoms with Crippen LogP contribution in [-0.2, 0) is 25.3 Å². The van der Waals surface area contributed by atoms with E-state index in [1.165, 1.54) is 38.6 Å². The van der Waals surface area contributed by atoms with Crippen LogP contribution in [0.3, 0.4) is 0 Å². The summed E-state index contributed by atoms with van der Waals surface area (Å²) in [5.41, 5.74) is 9.88. The number of fused-ring (bicyclic) bond motifs is 5. The first-order chi connectivity index (χ1) is 19.1. The first-order valence-electron chi connectivity index (χ1n) is 14.1. The molecule has 2 aliphatic rings. The summed E-state index contributed by atoms with van der Waals surface area (Å²) in [4.78, 5) is 0. The van der Waals surface area contributed by atoms with E-state index in [0.717, 1.165) is 55.9 Å². The number of rotatable bonds is 4. The Morgan fingerprint density at radius 1 is 0.974 bits per heavy atom. The van der Waals surface area contributed by atoms with E-state index in [0.29, 0.717) is 5.92 Å². The Bertz CT molecular complexity index is 1710. The minimum atomic E-state index is 0.217. The number of hydrogen-bond donors (Lipinski definition) is 0. The van der Waals surface area contributed by atoms with Crippen LogP contribution in [0.1, 0.15) is 53.5 Å². The maximum Gasteiger partial charge on any atom is 0.0912 e. The molecule has 1 atom stereocenters. The van der Waals surface area contributed by atoms with Gasteiger partial charge in [0.1, 0.15) is 0 Å². The van der Waals surface area contributed by atoms with Crippen LogP contribution in [0.5, 0.6) is 0 Å². The van der Waals surface area contributed by atoms with Crippen LogP contribution in [0.2, 0.25) is 0 Å². The summed E-state index contributed by atoms with van der Waals surface area (Å²) in [6.07, 6.45) is 13.3. The van der Waals surface area contributed by atoms with Crippen LogP contribution in [0.15, 0.2) is 66.9 Å². The summed E-state index contributed by atoms with van der Waals surface area (Å²) in [5.74, 6) is 0.491. The van der Waals surface area contributed by atoms with Crippen molar-refractivity contribution >= 4 is 33.5 Å². The SMILES string of the molecule is Cc1nnn(C)c1C1=Cc2c(c3c4ccn(C)c4ccc3n2[C@H](c2ccccc2)C2CCOCC2)CCC=C1. The fraction of sp³-hybridized carbons (Fsp3) is 0.333. The van der Waals surface area contributed by atoms with Gasteiger partial charge >= 0.3 is 0 Å². The van der Waals surface area contributed by atoms with Crippen LogP contribution in [-0.4, -0.2) is 37.3 Å². The van der Waals surface area contributed by atoms with Gasteiger partial charge in [-0.15, -0.1) is 5.10 Å². The van der Waals surface area contributed by atoms with Gasteiger partial charge in [0, 0.05) is 61.1 Å². The molecule has 0 bridgehead atoms. The number of aryl methyl sites for hydroxylation is 4. The quantitative estimate of drug-likeness (QED) is 0.269. The van der Waals surface area contributed by atoms with Crippen molar-refractivity contribution in [2.45, 2.75) is 38.6 Å². The zero-order valence-corrected chi connectivity index (χ0v) is 23.0. The first-order valence-corrected chi connectivity index (χ1v) is 14.1. The third kappa shape index (κ3) is 3.97. The molecule has 198 valence electrons. The lowest BCUT2D eigenvalue weighted by molar-refractivity contribution is 0.0547. The second-order valence-corrected chi connectivity index (χ2v) is 11.0. The van der Waals surface area contributed by atoms with E-state index in [9.17, 15) is 0 Å². The fourth-order valence-corrected chi connectivity index (χ4v) is 6.92. The summed E-state index contributed by atoms with van der Waals surface area (Å²) in [6, 6.07) is 18.3. The van der Waals surface area contributed by atoms with Crippen LogP contribution in [0.25, 0.3) is 33.5 Å². The lowest BCUT2D eigenvalue weighted by Gasteiger charge is -2.33. The molecule has 0 amide bonds. The van der Waals surface area contributed by atoms with Gasteiger partial charge in [-0.1, -0.05) is 47.7 Å². The highest BCUT2D eigenvalue weighted by Crippen LogP contribution is 2.44. The third-order valence-corrected chi connectivity index (χ3v) is 8.73. The van der Waals surface area contributed by atoms with Gasteiger partial charge in [-0.25, -0.2) is 4.68 Å². The maximum absolute atomic E-state index is 5.84. The van der Waals surface area contributed by atoms with Gasteiger partial charge in [0.2, 0.25) is 0 Å². The normalized spacial score (nSPS) is 17.3. The molecule has 6 nitrogen and oxygen atoms in total. The first kappa shape index (κ1) is 24.2. The smallest absolute Gasteiger partial charge is 0.0912 e. The lowest BCUT2D eigenvalue weighted by Crippen LogP contribution is -2.27. The summed E-state index contributed by atoms with van der Waals surface area (Å²) in [7, 11) is 4.13. The molecular formula is C33H35N5O. The number of allylic oxidation sites excluding steroid dienone is 3. The Balaban J connectivity index is 1.59. The highest BCUT2D eigenvalue weighted by atomic mass is 16.5. The molecule has 4 heterocycles. The number of benzene rings is 2. The van der Waals surface area contributed by atoms with E-state index in [1.807, 2.05) is 11.7 Å². The Kier molecular flexibility index (Phi) is 6.00. The molecule has 0 N–H and O–H groups in total. The highest BCUT2D eigenvalue weighted by molar-refractivity contribution is 6.10. The van der Waals surface area contributed by atoms with Gasteiger partial charge in [0.25, 0.3) is 0 Å². The number of aromatic nitrogens is 5. The predicted molar refractivity (Wildman–Crippen MR) is 158 cm³/mol. The average Bonchev–Trinajstić information content (AvgIpc) is 3.58. The number of ether oxygens (including phenoxy) is 1. The van der Waals surface area contributed by atoms with Gasteiger partial charge in [-0.2, -0.15) is 0 Å². The zero-order chi connectivity index (χ0) is 26.5. The topological polar surface area (TPSA) is 49.8 Å². The number of hydrogen-bond acceptors (Lipinski definition) is 3. The molecule has 6 heteroatoms.